The van der Waals surface area contributed by atoms with Crippen molar-refractivity contribution in [1.82, 2.24) is 5.32 Å². The molecule has 2 aromatic carbocycles. The first kappa shape index (κ1) is 13.4. The Balaban J connectivity index is 2.03. The van der Waals surface area contributed by atoms with Crippen LogP contribution in [0.4, 0.5) is 0 Å². The molecule has 20 heavy (non-hydrogen) atoms. The molecule has 0 amide bonds. The molecule has 3 nitrogen and oxygen atoms in total. The Kier molecular flexibility index (Phi) is 3.90. The minimum absolute atomic E-state index is 0.164. The van der Waals surface area contributed by atoms with Crippen molar-refractivity contribution in [3.05, 3.63) is 42.0 Å². The van der Waals surface area contributed by atoms with Gasteiger partial charge in [-0.05, 0) is 36.9 Å². The van der Waals surface area contributed by atoms with Crippen molar-refractivity contribution in [3.63, 3.8) is 0 Å². The van der Waals surface area contributed by atoms with Gasteiger partial charge in [-0.25, -0.2) is 0 Å². The predicted molar refractivity (Wildman–Crippen MR) is 81.3 cm³/mol. The van der Waals surface area contributed by atoms with Gasteiger partial charge >= 0.3 is 0 Å². The smallest absolute Gasteiger partial charge is 0.126 e. The largest absolute Gasteiger partial charge is 0.496 e. The lowest BCUT2D eigenvalue weighted by Gasteiger charge is -2.30. The van der Waals surface area contributed by atoms with E-state index in [1.165, 1.54) is 10.9 Å². The summed E-state index contributed by atoms with van der Waals surface area (Å²) in [4.78, 5) is 0. The number of ether oxygens (including phenoxy) is 2. The molecular weight excluding hydrogens is 250 g/mol. The van der Waals surface area contributed by atoms with Crippen molar-refractivity contribution >= 4 is 10.8 Å². The summed E-state index contributed by atoms with van der Waals surface area (Å²) in [5, 5.41) is 5.76. The van der Waals surface area contributed by atoms with E-state index in [0.29, 0.717) is 6.04 Å². The van der Waals surface area contributed by atoms with E-state index in [1.54, 1.807) is 7.11 Å². The molecule has 3 rings (SSSR count). The zero-order chi connectivity index (χ0) is 13.9. The van der Waals surface area contributed by atoms with Gasteiger partial charge in [0, 0.05) is 18.0 Å². The molecule has 1 N–H and O–H groups in total. The second-order valence-corrected chi connectivity index (χ2v) is 5.27. The van der Waals surface area contributed by atoms with Gasteiger partial charge in [0.15, 0.2) is 0 Å². The van der Waals surface area contributed by atoms with Crippen LogP contribution in [0.3, 0.4) is 0 Å². The molecule has 2 unspecified atom stereocenters. The number of benzene rings is 2. The standard InChI is InChI=1S/C17H21NO2/c1-18-12-9-10-20-17(11-12)15-7-8-16(19-2)14-6-4-3-5-13(14)15/h3-8,12,17-18H,9-11H2,1-2H3. The van der Waals surface area contributed by atoms with E-state index in [4.69, 9.17) is 9.47 Å². The summed E-state index contributed by atoms with van der Waals surface area (Å²) in [5.74, 6) is 0.922. The SMILES string of the molecule is CNC1CCOC(c2ccc(OC)c3ccccc23)C1. The third-order valence-corrected chi connectivity index (χ3v) is 4.18. The highest BCUT2D eigenvalue weighted by molar-refractivity contribution is 5.91. The van der Waals surface area contributed by atoms with Crippen LogP contribution in [0.5, 0.6) is 5.75 Å². The van der Waals surface area contributed by atoms with E-state index in [2.05, 4.69) is 29.6 Å². The lowest BCUT2D eigenvalue weighted by molar-refractivity contribution is 0.00239. The third kappa shape index (κ3) is 2.39. The third-order valence-electron chi connectivity index (χ3n) is 4.18. The summed E-state index contributed by atoms with van der Waals surface area (Å²) < 4.78 is 11.5. The van der Waals surface area contributed by atoms with Crippen molar-refractivity contribution in [2.45, 2.75) is 25.0 Å². The molecule has 2 aromatic rings. The van der Waals surface area contributed by atoms with Crippen molar-refractivity contribution in [2.24, 2.45) is 0 Å². The maximum atomic E-state index is 6.00. The second-order valence-electron chi connectivity index (χ2n) is 5.27. The lowest BCUT2D eigenvalue weighted by atomic mass is 9.93. The van der Waals surface area contributed by atoms with Crippen LogP contribution in [-0.4, -0.2) is 26.8 Å². The molecule has 0 bridgehead atoms. The number of methoxy groups -OCH3 is 1. The average Bonchev–Trinajstić information content (AvgIpc) is 2.54. The van der Waals surface area contributed by atoms with Crippen LogP contribution in [-0.2, 0) is 4.74 Å². The number of hydrogen-bond donors (Lipinski definition) is 1. The fourth-order valence-electron chi connectivity index (χ4n) is 3.03. The molecule has 1 saturated heterocycles. The summed E-state index contributed by atoms with van der Waals surface area (Å²) in [6, 6.07) is 13.1. The molecular formula is C17H21NO2. The number of fused-ring (bicyclic) bond motifs is 1. The first-order valence-corrected chi connectivity index (χ1v) is 7.18. The Bertz CT molecular complexity index is 597. The Morgan fingerprint density at radius 2 is 1.95 bits per heavy atom. The van der Waals surface area contributed by atoms with Gasteiger partial charge in [-0.2, -0.15) is 0 Å². The van der Waals surface area contributed by atoms with Gasteiger partial charge in [-0.3, -0.25) is 0 Å². The number of nitrogens with one attached hydrogen (secondary N) is 1. The van der Waals surface area contributed by atoms with Crippen LogP contribution >= 0.6 is 0 Å². The van der Waals surface area contributed by atoms with Gasteiger partial charge in [0.05, 0.1) is 13.2 Å². The topological polar surface area (TPSA) is 30.5 Å². The van der Waals surface area contributed by atoms with Gasteiger partial charge in [0.1, 0.15) is 5.75 Å². The highest BCUT2D eigenvalue weighted by atomic mass is 16.5. The normalized spacial score (nSPS) is 22.9. The van der Waals surface area contributed by atoms with Crippen LogP contribution in [0.15, 0.2) is 36.4 Å². The summed E-state index contributed by atoms with van der Waals surface area (Å²) >= 11 is 0. The molecule has 0 spiro atoms. The zero-order valence-corrected chi connectivity index (χ0v) is 12.1. The zero-order valence-electron chi connectivity index (χ0n) is 12.1. The summed E-state index contributed by atoms with van der Waals surface area (Å²) in [6.07, 6.45) is 2.27. The van der Waals surface area contributed by atoms with E-state index in [9.17, 15) is 0 Å². The van der Waals surface area contributed by atoms with Crippen LogP contribution in [0, 0.1) is 0 Å². The Hall–Kier alpha value is -1.58. The molecule has 0 saturated carbocycles. The van der Waals surface area contributed by atoms with Crippen molar-refractivity contribution in [3.8, 4) is 5.75 Å². The average molecular weight is 271 g/mol. The highest BCUT2D eigenvalue weighted by Gasteiger charge is 2.24. The van der Waals surface area contributed by atoms with Crippen LogP contribution in [0.2, 0.25) is 0 Å². The molecule has 3 heteroatoms. The van der Waals surface area contributed by atoms with Crippen LogP contribution < -0.4 is 10.1 Å². The highest BCUT2D eigenvalue weighted by Crippen LogP contribution is 2.36. The fourth-order valence-corrected chi connectivity index (χ4v) is 3.03. The summed E-state index contributed by atoms with van der Waals surface area (Å²) in [5.41, 5.74) is 1.27. The van der Waals surface area contributed by atoms with Gasteiger partial charge in [-0.15, -0.1) is 0 Å². The molecule has 1 fully saturated rings. The molecule has 0 radical (unpaired) electrons. The first-order valence-electron chi connectivity index (χ1n) is 7.18. The fraction of sp³-hybridized carbons (Fsp3) is 0.412. The van der Waals surface area contributed by atoms with Gasteiger partial charge in [-0.1, -0.05) is 30.3 Å². The Morgan fingerprint density at radius 1 is 1.15 bits per heavy atom. The van der Waals surface area contributed by atoms with Gasteiger partial charge in [0.2, 0.25) is 0 Å². The first-order chi connectivity index (χ1) is 9.83. The minimum atomic E-state index is 0.164. The number of hydrogen-bond acceptors (Lipinski definition) is 3. The Labute approximate surface area is 119 Å². The van der Waals surface area contributed by atoms with Crippen molar-refractivity contribution < 1.29 is 9.47 Å². The maximum absolute atomic E-state index is 6.00. The summed E-state index contributed by atoms with van der Waals surface area (Å²) in [6.45, 7) is 0.816. The maximum Gasteiger partial charge on any atom is 0.126 e. The van der Waals surface area contributed by atoms with Crippen molar-refractivity contribution in [1.29, 1.82) is 0 Å². The van der Waals surface area contributed by atoms with Crippen molar-refractivity contribution in [2.75, 3.05) is 20.8 Å². The van der Waals surface area contributed by atoms with Gasteiger partial charge < -0.3 is 14.8 Å². The minimum Gasteiger partial charge on any atom is -0.496 e. The molecule has 2 atom stereocenters. The van der Waals surface area contributed by atoms with Crippen LogP contribution in [0.25, 0.3) is 10.8 Å². The van der Waals surface area contributed by atoms with Crippen LogP contribution in [0.1, 0.15) is 24.5 Å². The predicted octanol–water partition coefficient (Wildman–Crippen LogP) is 3.29. The summed E-state index contributed by atoms with van der Waals surface area (Å²) in [7, 11) is 3.74. The van der Waals surface area contributed by atoms with E-state index >= 15 is 0 Å². The Morgan fingerprint density at radius 3 is 2.70 bits per heavy atom. The lowest BCUT2D eigenvalue weighted by Crippen LogP contribution is -2.33. The number of rotatable bonds is 3. The van der Waals surface area contributed by atoms with E-state index in [0.717, 1.165) is 30.6 Å². The quantitative estimate of drug-likeness (QED) is 0.929. The van der Waals surface area contributed by atoms with E-state index in [-0.39, 0.29) is 6.10 Å². The molecule has 1 aliphatic rings. The second kappa shape index (κ2) is 5.81. The molecule has 106 valence electrons. The van der Waals surface area contributed by atoms with E-state index in [1.807, 2.05) is 19.2 Å². The molecule has 0 aliphatic carbocycles. The molecule has 1 heterocycles. The monoisotopic (exact) mass is 271 g/mol. The molecule has 1 aliphatic heterocycles. The van der Waals surface area contributed by atoms with Gasteiger partial charge in [0.25, 0.3) is 0 Å². The molecule has 0 aromatic heterocycles. The van der Waals surface area contributed by atoms with E-state index < -0.39 is 0 Å².